The molecule has 70 valence electrons. The molecule has 0 spiro atoms. The van der Waals surface area contributed by atoms with Gasteiger partial charge in [-0.2, -0.15) is 0 Å². The molecule has 1 atom stereocenters. The predicted molar refractivity (Wildman–Crippen MR) is 41.8 cm³/mol. The van der Waals surface area contributed by atoms with Crippen molar-refractivity contribution in [2.45, 2.75) is 17.9 Å². The lowest BCUT2D eigenvalue weighted by Gasteiger charge is -2.09. The van der Waals surface area contributed by atoms with Crippen LogP contribution in [0.1, 0.15) is 12.0 Å². The smallest absolute Gasteiger partial charge is 0.272 e. The first kappa shape index (κ1) is 8.56. The second-order valence-corrected chi connectivity index (χ2v) is 3.36. The largest absolute Gasteiger partial charge is 0.316 e. The third-order valence-electron chi connectivity index (χ3n) is 2.39. The van der Waals surface area contributed by atoms with Crippen LogP contribution in [0.25, 0.3) is 0 Å². The average molecular weight is 187 g/mol. The minimum atomic E-state index is -2.84. The van der Waals surface area contributed by atoms with E-state index in [1.165, 1.54) is 12.1 Å². The van der Waals surface area contributed by atoms with Crippen molar-refractivity contribution in [2.24, 2.45) is 5.73 Å². The fourth-order valence-corrected chi connectivity index (χ4v) is 1.37. The Kier molecular flexibility index (Phi) is 1.49. The summed E-state index contributed by atoms with van der Waals surface area (Å²) in [6, 6.07) is 4.88. The lowest BCUT2D eigenvalue weighted by Crippen LogP contribution is -2.26. The highest BCUT2D eigenvalue weighted by atomic mass is 19.3. The first-order valence-electron chi connectivity index (χ1n) is 3.88. The highest BCUT2D eigenvalue weighted by molar-refractivity contribution is 5.35. The van der Waals surface area contributed by atoms with Gasteiger partial charge in [-0.05, 0) is 17.7 Å². The Bertz CT molecular complexity index is 333. The summed E-state index contributed by atoms with van der Waals surface area (Å²) in [5.74, 6) is -3.29. The number of alkyl halides is 2. The van der Waals surface area contributed by atoms with E-state index in [1.54, 1.807) is 0 Å². The van der Waals surface area contributed by atoms with Crippen LogP contribution in [0.5, 0.6) is 0 Å². The molecule has 1 unspecified atom stereocenters. The third-order valence-corrected chi connectivity index (χ3v) is 2.39. The van der Waals surface area contributed by atoms with E-state index >= 15 is 0 Å². The molecular formula is C9H8F3N. The van der Waals surface area contributed by atoms with E-state index in [9.17, 15) is 13.2 Å². The van der Waals surface area contributed by atoms with Crippen LogP contribution in [0, 0.1) is 5.82 Å². The number of rotatable bonds is 1. The van der Waals surface area contributed by atoms with Crippen LogP contribution >= 0.6 is 0 Å². The van der Waals surface area contributed by atoms with Crippen LogP contribution < -0.4 is 5.73 Å². The van der Waals surface area contributed by atoms with E-state index in [-0.39, 0.29) is 6.42 Å². The van der Waals surface area contributed by atoms with Gasteiger partial charge < -0.3 is 5.73 Å². The number of benzene rings is 1. The first-order valence-corrected chi connectivity index (χ1v) is 3.88. The van der Waals surface area contributed by atoms with Crippen molar-refractivity contribution in [1.82, 2.24) is 0 Å². The van der Waals surface area contributed by atoms with Crippen LogP contribution in [-0.4, -0.2) is 5.92 Å². The average Bonchev–Trinajstić information content (AvgIpc) is 2.53. The van der Waals surface area contributed by atoms with E-state index in [0.29, 0.717) is 5.56 Å². The highest BCUT2D eigenvalue weighted by Crippen LogP contribution is 2.57. The molecular weight excluding hydrogens is 179 g/mol. The fourth-order valence-electron chi connectivity index (χ4n) is 1.37. The first-order chi connectivity index (χ1) is 5.96. The van der Waals surface area contributed by atoms with Crippen molar-refractivity contribution in [1.29, 1.82) is 0 Å². The number of hydrogen-bond donors (Lipinski definition) is 1. The summed E-state index contributed by atoms with van der Waals surface area (Å²) in [7, 11) is 0. The Balaban J connectivity index is 2.34. The quantitative estimate of drug-likeness (QED) is 0.715. The molecule has 0 saturated heterocycles. The van der Waals surface area contributed by atoms with Gasteiger partial charge in [0.1, 0.15) is 11.4 Å². The van der Waals surface area contributed by atoms with Gasteiger partial charge >= 0.3 is 0 Å². The van der Waals surface area contributed by atoms with Gasteiger partial charge in [0.2, 0.25) is 0 Å². The minimum Gasteiger partial charge on any atom is -0.316 e. The molecule has 0 amide bonds. The van der Waals surface area contributed by atoms with Gasteiger partial charge in [0.05, 0.1) is 0 Å². The fraction of sp³-hybridized carbons (Fsp3) is 0.333. The van der Waals surface area contributed by atoms with Crippen molar-refractivity contribution in [2.75, 3.05) is 0 Å². The second-order valence-electron chi connectivity index (χ2n) is 3.36. The monoisotopic (exact) mass is 187 g/mol. The summed E-state index contributed by atoms with van der Waals surface area (Å²) < 4.78 is 38.0. The summed E-state index contributed by atoms with van der Waals surface area (Å²) in [4.78, 5) is 0. The van der Waals surface area contributed by atoms with Crippen LogP contribution in [0.15, 0.2) is 24.3 Å². The summed E-state index contributed by atoms with van der Waals surface area (Å²) in [5.41, 5.74) is 4.15. The van der Waals surface area contributed by atoms with Gasteiger partial charge in [0, 0.05) is 6.42 Å². The minimum absolute atomic E-state index is 0.291. The van der Waals surface area contributed by atoms with Gasteiger partial charge in [-0.15, -0.1) is 0 Å². The Morgan fingerprint density at radius 3 is 2.00 bits per heavy atom. The molecule has 1 fully saturated rings. The molecule has 4 heteroatoms. The molecule has 0 bridgehead atoms. The standard InChI is InChI=1S/C9H8F3N/c10-7-3-1-6(2-4-7)8(13)5-9(8,11)12/h1-4H,5,13H2. The molecule has 1 aliphatic carbocycles. The summed E-state index contributed by atoms with van der Waals surface area (Å²) in [5, 5.41) is 0. The molecule has 2 N–H and O–H groups in total. The van der Waals surface area contributed by atoms with Crippen LogP contribution in [0.2, 0.25) is 0 Å². The Hall–Kier alpha value is -1.03. The van der Waals surface area contributed by atoms with Crippen molar-refractivity contribution in [3.05, 3.63) is 35.6 Å². The zero-order chi connectivity index (χ0) is 9.69. The maximum Gasteiger partial charge on any atom is 0.272 e. The maximum atomic E-state index is 12.7. The molecule has 13 heavy (non-hydrogen) atoms. The summed E-state index contributed by atoms with van der Waals surface area (Å²) in [6.07, 6.45) is -0.356. The second kappa shape index (κ2) is 2.26. The normalized spacial score (nSPS) is 30.2. The lowest BCUT2D eigenvalue weighted by atomic mass is 10.1. The molecule has 2 rings (SSSR count). The summed E-state index contributed by atoms with van der Waals surface area (Å²) >= 11 is 0. The van der Waals surface area contributed by atoms with E-state index in [2.05, 4.69) is 0 Å². The van der Waals surface area contributed by atoms with Crippen LogP contribution in [0.4, 0.5) is 13.2 Å². The van der Waals surface area contributed by atoms with Crippen molar-refractivity contribution in [3.8, 4) is 0 Å². The molecule has 0 aliphatic heterocycles. The molecule has 0 heterocycles. The third kappa shape index (κ3) is 1.13. The lowest BCUT2D eigenvalue weighted by molar-refractivity contribution is 0.0891. The topological polar surface area (TPSA) is 26.0 Å². The van der Waals surface area contributed by atoms with Crippen LogP contribution in [0.3, 0.4) is 0 Å². The van der Waals surface area contributed by atoms with E-state index in [4.69, 9.17) is 5.73 Å². The van der Waals surface area contributed by atoms with Gasteiger partial charge in [0.15, 0.2) is 0 Å². The molecule has 1 nitrogen and oxygen atoms in total. The maximum absolute atomic E-state index is 12.7. The number of hydrogen-bond acceptors (Lipinski definition) is 1. The number of halogens is 3. The van der Waals surface area contributed by atoms with Gasteiger partial charge in [-0.1, -0.05) is 12.1 Å². The van der Waals surface area contributed by atoms with Crippen LogP contribution in [-0.2, 0) is 5.54 Å². The van der Waals surface area contributed by atoms with E-state index in [0.717, 1.165) is 12.1 Å². The molecule has 1 saturated carbocycles. The highest BCUT2D eigenvalue weighted by Gasteiger charge is 2.69. The molecule has 1 aromatic rings. The van der Waals surface area contributed by atoms with Gasteiger partial charge in [-0.3, -0.25) is 0 Å². The van der Waals surface area contributed by atoms with E-state index in [1.807, 2.05) is 0 Å². The molecule has 1 aromatic carbocycles. The molecule has 1 aliphatic rings. The van der Waals surface area contributed by atoms with Crippen molar-refractivity contribution < 1.29 is 13.2 Å². The molecule has 0 radical (unpaired) electrons. The van der Waals surface area contributed by atoms with E-state index < -0.39 is 17.3 Å². The zero-order valence-electron chi connectivity index (χ0n) is 6.73. The number of nitrogens with two attached hydrogens (primary N) is 1. The Morgan fingerprint density at radius 1 is 1.15 bits per heavy atom. The van der Waals surface area contributed by atoms with Gasteiger partial charge in [0.25, 0.3) is 5.92 Å². The SMILES string of the molecule is NC1(c2ccc(F)cc2)CC1(F)F. The summed E-state index contributed by atoms with van der Waals surface area (Å²) in [6.45, 7) is 0. The molecule has 0 aromatic heterocycles. The Labute approximate surface area is 73.4 Å². The zero-order valence-corrected chi connectivity index (χ0v) is 6.73. The van der Waals surface area contributed by atoms with Crippen molar-refractivity contribution >= 4 is 0 Å². The predicted octanol–water partition coefficient (Wildman–Crippen LogP) is 2.02. The Morgan fingerprint density at radius 2 is 1.62 bits per heavy atom. The van der Waals surface area contributed by atoms with Crippen molar-refractivity contribution in [3.63, 3.8) is 0 Å². The van der Waals surface area contributed by atoms with Gasteiger partial charge in [-0.25, -0.2) is 13.2 Å².